The number of aromatic hydroxyl groups is 4. The third kappa shape index (κ3) is 9.44. The molecule has 0 fully saturated rings. The summed E-state index contributed by atoms with van der Waals surface area (Å²) in [7, 11) is -7.09. The Hall–Kier alpha value is -5.41. The zero-order valence-corrected chi connectivity index (χ0v) is 29.3. The van der Waals surface area contributed by atoms with Gasteiger partial charge in [-0.25, -0.2) is 0 Å². The van der Waals surface area contributed by atoms with E-state index < -0.39 is 26.0 Å². The minimum atomic E-state index is -4.20. The van der Waals surface area contributed by atoms with E-state index in [1.54, 1.807) is 36.4 Å². The molecule has 0 aliphatic heterocycles. The summed E-state index contributed by atoms with van der Waals surface area (Å²) in [6.45, 7) is 0. The summed E-state index contributed by atoms with van der Waals surface area (Å²) >= 11 is 0. The average molecular weight is 769 g/mol. The first-order chi connectivity index (χ1) is 23.8. The number of azo groups is 2. The Morgan fingerprint density at radius 2 is 1.02 bits per heavy atom. The fourth-order valence-electron chi connectivity index (χ4n) is 4.69. The van der Waals surface area contributed by atoms with Crippen LogP contribution >= 0.6 is 0 Å². The standard InChI is InChI=1S/2C17H14N2O5S.Cr/c1-24-25(22,23)12-7-9-15(20)14(10-12)18-19-17-13-5-3-2-4-11(13)6-8-16(17)21;20-15-7-5-11(10-25(22,23)24)9-14(15)18-19-17-13-4-2-1-3-12(13)6-8-16(17)21;/h2-10,20-21H,1H3;1-9,20-21H,10H2,(H,22,23,24);. The fourth-order valence-corrected chi connectivity index (χ4v) is 5.97. The molecule has 14 nitrogen and oxygen atoms in total. The number of phenolic OH excluding ortho intramolecular Hbond substituents is 4. The van der Waals surface area contributed by atoms with Gasteiger partial charge in [0.2, 0.25) is 0 Å². The van der Waals surface area contributed by atoms with Gasteiger partial charge in [-0.3, -0.25) is 8.74 Å². The zero-order chi connectivity index (χ0) is 36.1. The maximum atomic E-state index is 11.8. The second-order valence-electron chi connectivity index (χ2n) is 10.5. The molecule has 0 saturated heterocycles. The van der Waals surface area contributed by atoms with Crippen LogP contribution in [-0.2, 0) is 47.5 Å². The number of rotatable bonds is 8. The van der Waals surface area contributed by atoms with Gasteiger partial charge in [-0.05, 0) is 58.8 Å². The van der Waals surface area contributed by atoms with E-state index in [2.05, 4.69) is 24.6 Å². The molecule has 6 aromatic carbocycles. The van der Waals surface area contributed by atoms with Gasteiger partial charge < -0.3 is 20.4 Å². The number of hydrogen-bond acceptors (Lipinski definition) is 13. The van der Waals surface area contributed by atoms with Crippen LogP contribution in [0.25, 0.3) is 21.5 Å². The smallest absolute Gasteiger partial charge is 0.296 e. The maximum absolute atomic E-state index is 11.8. The normalized spacial score (nSPS) is 11.8. The van der Waals surface area contributed by atoms with Crippen LogP contribution in [0, 0.1) is 0 Å². The molecular weight excluding hydrogens is 741 g/mol. The van der Waals surface area contributed by atoms with Crippen LogP contribution in [0.15, 0.2) is 135 Å². The van der Waals surface area contributed by atoms with Crippen molar-refractivity contribution in [2.75, 3.05) is 7.11 Å². The summed E-state index contributed by atoms with van der Waals surface area (Å²) in [5.74, 6) is -1.21. The molecule has 17 heteroatoms. The van der Waals surface area contributed by atoms with E-state index >= 15 is 0 Å². The van der Waals surface area contributed by atoms with Crippen molar-refractivity contribution in [3.8, 4) is 23.0 Å². The quantitative estimate of drug-likeness (QED) is 0.0568. The van der Waals surface area contributed by atoms with Gasteiger partial charge in [0.15, 0.2) is 0 Å². The van der Waals surface area contributed by atoms with Crippen molar-refractivity contribution in [1.82, 2.24) is 0 Å². The van der Waals surface area contributed by atoms with Crippen LogP contribution < -0.4 is 0 Å². The maximum Gasteiger partial charge on any atom is 0.296 e. The van der Waals surface area contributed by atoms with Crippen molar-refractivity contribution in [2.45, 2.75) is 10.6 Å². The molecule has 0 aliphatic carbocycles. The van der Waals surface area contributed by atoms with Gasteiger partial charge in [-0.15, -0.1) is 20.5 Å². The topological polar surface area (TPSA) is 228 Å². The third-order valence-electron chi connectivity index (χ3n) is 7.12. The van der Waals surface area contributed by atoms with E-state index in [0.29, 0.717) is 10.8 Å². The molecule has 6 aromatic rings. The SMILES string of the molecule is COS(=O)(=O)c1ccc(O)c(N=Nc2c(O)ccc3ccccc23)c1.O=S(=O)(O)Cc1ccc(O)c(N=Nc2c(O)ccc3ccccc23)c1.[Cr]. The van der Waals surface area contributed by atoms with Crippen LogP contribution in [0.5, 0.6) is 23.0 Å². The van der Waals surface area contributed by atoms with Crippen LogP contribution in [0.1, 0.15) is 5.56 Å². The molecule has 0 spiro atoms. The van der Waals surface area contributed by atoms with E-state index in [-0.39, 0.29) is 73.6 Å². The largest absolute Gasteiger partial charge is 0.506 e. The number of nitrogens with zero attached hydrogens (tertiary/aromatic N) is 4. The number of fused-ring (bicyclic) bond motifs is 2. The molecule has 0 atom stereocenters. The molecule has 0 heterocycles. The third-order valence-corrected chi connectivity index (χ3v) is 9.09. The monoisotopic (exact) mass is 768 g/mol. The van der Waals surface area contributed by atoms with Gasteiger partial charge in [0.05, 0.1) is 12.0 Å². The molecule has 0 unspecified atom stereocenters. The fraction of sp³-hybridized carbons (Fsp3) is 0.0588. The second kappa shape index (κ2) is 16.1. The molecule has 0 aliphatic rings. The van der Waals surface area contributed by atoms with Gasteiger partial charge in [-0.2, -0.15) is 16.8 Å². The molecule has 0 radical (unpaired) electrons. The molecule has 0 aromatic heterocycles. The Morgan fingerprint density at radius 1 is 0.569 bits per heavy atom. The molecule has 51 heavy (non-hydrogen) atoms. The van der Waals surface area contributed by atoms with Crippen molar-refractivity contribution >= 4 is 64.5 Å². The van der Waals surface area contributed by atoms with Crippen molar-refractivity contribution in [2.24, 2.45) is 20.5 Å². The first-order valence-electron chi connectivity index (χ1n) is 14.4. The van der Waals surface area contributed by atoms with E-state index in [9.17, 15) is 37.3 Å². The Labute approximate surface area is 302 Å². The van der Waals surface area contributed by atoms with Crippen molar-refractivity contribution in [3.63, 3.8) is 0 Å². The van der Waals surface area contributed by atoms with Gasteiger partial charge in [-0.1, -0.05) is 66.7 Å². The molecule has 0 bridgehead atoms. The summed E-state index contributed by atoms with van der Waals surface area (Å²) in [6.07, 6.45) is 0. The first-order valence-corrected chi connectivity index (χ1v) is 17.4. The minimum Gasteiger partial charge on any atom is -0.506 e. The number of phenols is 4. The van der Waals surface area contributed by atoms with Crippen molar-refractivity contribution in [3.05, 3.63) is 115 Å². The van der Waals surface area contributed by atoms with Gasteiger partial charge in [0, 0.05) is 28.1 Å². The van der Waals surface area contributed by atoms with Gasteiger partial charge in [0.25, 0.3) is 20.2 Å². The summed E-state index contributed by atoms with van der Waals surface area (Å²) < 4.78 is 58.8. The number of benzene rings is 6. The summed E-state index contributed by atoms with van der Waals surface area (Å²) in [5.41, 5.74) is 0.658. The molecule has 0 amide bonds. The van der Waals surface area contributed by atoms with Crippen LogP contribution in [-0.4, -0.2) is 48.9 Å². The minimum absolute atomic E-state index is 0. The molecular formula is C34H28CrN4O10S2. The molecule has 6 rings (SSSR count). The van der Waals surface area contributed by atoms with E-state index in [0.717, 1.165) is 23.9 Å². The van der Waals surface area contributed by atoms with E-state index in [1.807, 2.05) is 24.3 Å². The van der Waals surface area contributed by atoms with Gasteiger partial charge in [0.1, 0.15) is 51.5 Å². The van der Waals surface area contributed by atoms with Crippen molar-refractivity contribution < 1.29 is 63.4 Å². The Balaban J connectivity index is 0.000000224. The molecule has 5 N–H and O–H groups in total. The molecule has 262 valence electrons. The first kappa shape index (κ1) is 38.4. The van der Waals surface area contributed by atoms with E-state index in [1.165, 1.54) is 42.5 Å². The van der Waals surface area contributed by atoms with E-state index in [4.69, 9.17) is 4.55 Å². The van der Waals surface area contributed by atoms with Crippen LogP contribution in [0.4, 0.5) is 22.7 Å². The summed E-state index contributed by atoms with van der Waals surface area (Å²) in [6, 6.07) is 28.5. The van der Waals surface area contributed by atoms with Crippen LogP contribution in [0.3, 0.4) is 0 Å². The average Bonchev–Trinajstić information content (AvgIpc) is 3.09. The van der Waals surface area contributed by atoms with Crippen LogP contribution in [0.2, 0.25) is 0 Å². The van der Waals surface area contributed by atoms with Crippen molar-refractivity contribution in [1.29, 1.82) is 0 Å². The predicted molar refractivity (Wildman–Crippen MR) is 185 cm³/mol. The number of hydrogen-bond donors (Lipinski definition) is 5. The summed E-state index contributed by atoms with van der Waals surface area (Å²) in [4.78, 5) is -0.163. The molecule has 0 saturated carbocycles. The Bertz CT molecular complexity index is 2510. The second-order valence-corrected chi connectivity index (χ2v) is 13.7. The van der Waals surface area contributed by atoms with Gasteiger partial charge >= 0.3 is 0 Å². The predicted octanol–water partition coefficient (Wildman–Crippen LogP) is 8.05. The summed E-state index contributed by atoms with van der Waals surface area (Å²) in [5, 5.41) is 58.7. The Kier molecular flexibility index (Phi) is 12.1. The zero-order valence-electron chi connectivity index (χ0n) is 26.4. The Morgan fingerprint density at radius 3 is 1.51 bits per heavy atom.